The number of anilines is 1. The second-order valence-corrected chi connectivity index (χ2v) is 4.51. The fraction of sp³-hybridized carbons (Fsp3) is 0.133. The highest BCUT2D eigenvalue weighted by Crippen LogP contribution is 2.22. The van der Waals surface area contributed by atoms with Crippen molar-refractivity contribution in [3.8, 4) is 0 Å². The van der Waals surface area contributed by atoms with E-state index in [1.807, 2.05) is 67.5 Å². The Hall–Kier alpha value is -2.36. The zero-order valence-electron chi connectivity index (χ0n) is 11.3. The monoisotopic (exact) mass is 282 g/mol. The third kappa shape index (κ3) is 3.82. The van der Waals surface area contributed by atoms with Crippen molar-refractivity contribution in [2.45, 2.75) is 0 Å². The molecule has 2 aromatic rings. The molecule has 5 heteroatoms. The molecule has 0 spiro atoms. The fourth-order valence-electron chi connectivity index (χ4n) is 1.58. The van der Waals surface area contributed by atoms with Crippen LogP contribution in [0.3, 0.4) is 0 Å². The lowest BCUT2D eigenvalue weighted by Crippen LogP contribution is -2.07. The van der Waals surface area contributed by atoms with E-state index >= 15 is 0 Å². The minimum Gasteiger partial charge on any atom is -0.378 e. The smallest absolute Gasteiger partial charge is 0.0858 e. The van der Waals surface area contributed by atoms with Crippen molar-refractivity contribution in [1.82, 2.24) is 0 Å². The van der Waals surface area contributed by atoms with E-state index in [-0.39, 0.29) is 0 Å². The van der Waals surface area contributed by atoms with Crippen molar-refractivity contribution < 1.29 is 0 Å². The van der Waals surface area contributed by atoms with Crippen LogP contribution < -0.4 is 4.90 Å². The first-order valence-corrected chi connectivity index (χ1v) is 6.47. The summed E-state index contributed by atoms with van der Waals surface area (Å²) in [5.74, 6) is 0. The molecule has 0 fully saturated rings. The van der Waals surface area contributed by atoms with Crippen LogP contribution in [0.1, 0.15) is 0 Å². The first-order chi connectivity index (χ1) is 9.69. The van der Waals surface area contributed by atoms with Gasteiger partial charge in [0, 0.05) is 19.8 Å². The van der Waals surface area contributed by atoms with Gasteiger partial charge in [0.1, 0.15) is 0 Å². The molecular formula is C15H14N4S. The first-order valence-electron chi connectivity index (χ1n) is 6.06. The van der Waals surface area contributed by atoms with E-state index in [1.165, 1.54) is 0 Å². The Bertz CT molecular complexity index is 639. The Morgan fingerprint density at radius 2 is 1.25 bits per heavy atom. The summed E-state index contributed by atoms with van der Waals surface area (Å²) in [4.78, 5) is 5.92. The molecule has 4 nitrogen and oxygen atoms in total. The number of benzene rings is 2. The van der Waals surface area contributed by atoms with Gasteiger partial charge in [0.25, 0.3) is 0 Å². The molecule has 0 aliphatic rings. The van der Waals surface area contributed by atoms with Gasteiger partial charge in [-0.1, -0.05) is 0 Å². The molecule has 0 atom stereocenters. The van der Waals surface area contributed by atoms with Crippen molar-refractivity contribution in [3.63, 3.8) is 0 Å². The molecule has 0 aromatic heterocycles. The van der Waals surface area contributed by atoms with Gasteiger partial charge in [-0.15, -0.1) is 0 Å². The lowest BCUT2D eigenvalue weighted by molar-refractivity contribution is 1.13. The number of rotatable bonds is 4. The van der Waals surface area contributed by atoms with Crippen molar-refractivity contribution in [1.29, 1.82) is 0 Å². The Labute approximate surface area is 123 Å². The third-order valence-electron chi connectivity index (χ3n) is 2.67. The molecule has 0 amide bonds. The number of nitrogens with zero attached hydrogens (tertiary/aromatic N) is 4. The first kappa shape index (κ1) is 14.1. The van der Waals surface area contributed by atoms with Gasteiger partial charge in [-0.2, -0.15) is 15.2 Å². The molecule has 0 aliphatic carbocycles. The molecular weight excluding hydrogens is 268 g/mol. The summed E-state index contributed by atoms with van der Waals surface area (Å²) in [7, 11) is 4.00. The number of hydrogen-bond donors (Lipinski definition) is 0. The molecule has 0 radical (unpaired) electrons. The molecule has 100 valence electrons. The van der Waals surface area contributed by atoms with Crippen molar-refractivity contribution in [2.24, 2.45) is 15.2 Å². The van der Waals surface area contributed by atoms with Crippen LogP contribution in [0.2, 0.25) is 0 Å². The predicted octanol–water partition coefficient (Wildman–Crippen LogP) is 4.90. The molecule has 0 unspecified atom stereocenters. The SMILES string of the molecule is CN(C)c1ccc(/N=N/c2ccc(N=C=S)cc2)cc1. The molecule has 0 aliphatic heterocycles. The summed E-state index contributed by atoms with van der Waals surface area (Å²) in [5.41, 5.74) is 3.47. The Morgan fingerprint density at radius 1 is 0.800 bits per heavy atom. The maximum Gasteiger partial charge on any atom is 0.0858 e. The van der Waals surface area contributed by atoms with Crippen LogP contribution in [0.25, 0.3) is 0 Å². The standard InChI is InChI=1S/C15H14N4S/c1-19(2)15-9-7-14(8-10-15)18-17-13-5-3-12(4-6-13)16-11-20/h3-10H,1-2H3/b18-17+. The van der Waals surface area contributed by atoms with Crippen molar-refractivity contribution in [2.75, 3.05) is 19.0 Å². The van der Waals surface area contributed by atoms with Crippen LogP contribution in [0.4, 0.5) is 22.7 Å². The number of isothiocyanates is 1. The average molecular weight is 282 g/mol. The predicted molar refractivity (Wildman–Crippen MR) is 86.1 cm³/mol. The number of azo groups is 1. The van der Waals surface area contributed by atoms with Crippen LogP contribution in [-0.4, -0.2) is 19.3 Å². The topological polar surface area (TPSA) is 40.3 Å². The molecule has 2 rings (SSSR count). The van der Waals surface area contributed by atoms with Gasteiger partial charge in [-0.25, -0.2) is 0 Å². The fourth-order valence-corrected chi connectivity index (χ4v) is 1.68. The highest BCUT2D eigenvalue weighted by atomic mass is 32.1. The quantitative estimate of drug-likeness (QED) is 0.454. The second-order valence-electron chi connectivity index (χ2n) is 4.33. The van der Waals surface area contributed by atoms with Crippen LogP contribution in [0, 0.1) is 0 Å². The molecule has 0 saturated heterocycles. The third-order valence-corrected chi connectivity index (χ3v) is 2.76. The van der Waals surface area contributed by atoms with Gasteiger partial charge in [-0.3, -0.25) is 0 Å². The molecule has 0 heterocycles. The van der Waals surface area contributed by atoms with E-state index < -0.39 is 0 Å². The van der Waals surface area contributed by atoms with E-state index in [9.17, 15) is 0 Å². The summed E-state index contributed by atoms with van der Waals surface area (Å²) in [6, 6.07) is 15.2. The van der Waals surface area contributed by atoms with Crippen LogP contribution in [0.5, 0.6) is 0 Å². The van der Waals surface area contributed by atoms with Crippen molar-refractivity contribution in [3.05, 3.63) is 48.5 Å². The highest BCUT2D eigenvalue weighted by Gasteiger charge is 1.95. The molecule has 0 N–H and O–H groups in total. The van der Waals surface area contributed by atoms with Crippen LogP contribution in [-0.2, 0) is 0 Å². The van der Waals surface area contributed by atoms with Gasteiger partial charge in [-0.05, 0) is 60.7 Å². The maximum absolute atomic E-state index is 4.55. The van der Waals surface area contributed by atoms with Gasteiger partial charge < -0.3 is 4.90 Å². The van der Waals surface area contributed by atoms with Crippen LogP contribution >= 0.6 is 12.2 Å². The molecule has 0 bridgehead atoms. The molecule has 0 saturated carbocycles. The van der Waals surface area contributed by atoms with Gasteiger partial charge >= 0.3 is 0 Å². The highest BCUT2D eigenvalue weighted by molar-refractivity contribution is 7.78. The zero-order chi connectivity index (χ0) is 14.4. The molecule has 20 heavy (non-hydrogen) atoms. The number of aliphatic imine (C=N–C) groups is 1. The lowest BCUT2D eigenvalue weighted by atomic mass is 10.3. The van der Waals surface area contributed by atoms with Crippen LogP contribution in [0.15, 0.2) is 63.8 Å². The van der Waals surface area contributed by atoms with E-state index in [1.54, 1.807) is 0 Å². The van der Waals surface area contributed by atoms with Gasteiger partial charge in [0.05, 0.1) is 22.2 Å². The van der Waals surface area contributed by atoms with Gasteiger partial charge in [0.2, 0.25) is 0 Å². The normalized spacial score (nSPS) is 10.3. The minimum atomic E-state index is 0.759. The number of hydrogen-bond acceptors (Lipinski definition) is 5. The van der Waals surface area contributed by atoms with E-state index in [0.717, 1.165) is 22.7 Å². The summed E-state index contributed by atoms with van der Waals surface area (Å²) in [5, 5.41) is 10.7. The zero-order valence-corrected chi connectivity index (χ0v) is 12.1. The van der Waals surface area contributed by atoms with E-state index in [4.69, 9.17) is 0 Å². The summed E-state index contributed by atoms with van der Waals surface area (Å²) >= 11 is 4.55. The van der Waals surface area contributed by atoms with Crippen molar-refractivity contribution >= 4 is 40.1 Å². The Kier molecular flexibility index (Phi) is 4.71. The largest absolute Gasteiger partial charge is 0.378 e. The summed E-state index contributed by atoms with van der Waals surface area (Å²) in [6.07, 6.45) is 0. The van der Waals surface area contributed by atoms with E-state index in [0.29, 0.717) is 0 Å². The molecule has 2 aromatic carbocycles. The van der Waals surface area contributed by atoms with Gasteiger partial charge in [0.15, 0.2) is 0 Å². The average Bonchev–Trinajstić information content (AvgIpc) is 2.47. The Morgan fingerprint density at radius 3 is 1.70 bits per heavy atom. The number of thiocarbonyl (C=S) groups is 1. The maximum atomic E-state index is 4.55. The second kappa shape index (κ2) is 6.70. The lowest BCUT2D eigenvalue weighted by Gasteiger charge is -2.11. The van der Waals surface area contributed by atoms with E-state index in [2.05, 4.69) is 32.6 Å². The summed E-state index contributed by atoms with van der Waals surface area (Å²) in [6.45, 7) is 0. The Balaban J connectivity index is 2.10. The summed E-state index contributed by atoms with van der Waals surface area (Å²) < 4.78 is 0. The minimum absolute atomic E-state index is 0.759.